The van der Waals surface area contributed by atoms with Crippen LogP contribution in [0.4, 0.5) is 17.2 Å². The zero-order valence-corrected chi connectivity index (χ0v) is 20.7. The molecule has 4 rings (SSSR count). The molecular formula is C27H26N8O2. The molecule has 0 saturated carbocycles. The van der Waals surface area contributed by atoms with Gasteiger partial charge in [0, 0.05) is 41.7 Å². The second-order valence-electron chi connectivity index (χ2n) is 8.90. The predicted molar refractivity (Wildman–Crippen MR) is 140 cm³/mol. The summed E-state index contributed by atoms with van der Waals surface area (Å²) in [5.74, 6) is 0.236. The van der Waals surface area contributed by atoms with Crippen molar-refractivity contribution in [1.82, 2.24) is 19.9 Å². The number of hydrogen-bond acceptors (Lipinski definition) is 7. The molecule has 0 fully saturated rings. The summed E-state index contributed by atoms with van der Waals surface area (Å²) in [6.45, 7) is 5.79. The fraction of sp³-hybridized carbons (Fsp3) is 0.185. The second kappa shape index (κ2) is 10.7. The standard InChI is InChI=1S/C27H26N8O2/c1-17-7-8-20(34-25(36)18-5-4-6-19(13-18)27(2,3)16-28)14-21(17)35-26(37)23-24(32-12-11-31-23)33-15-22-29-9-10-30-22/h4-14H,15H2,1-3H3,(H,29,30)(H,32,33)(H,34,36)(H,35,37). The van der Waals surface area contributed by atoms with E-state index in [1.807, 2.05) is 13.0 Å². The van der Waals surface area contributed by atoms with E-state index in [1.165, 1.54) is 12.4 Å². The Bertz CT molecular complexity index is 1470. The van der Waals surface area contributed by atoms with Gasteiger partial charge in [0.05, 0.1) is 18.0 Å². The molecule has 2 aromatic carbocycles. The van der Waals surface area contributed by atoms with Crippen LogP contribution in [0.25, 0.3) is 0 Å². The molecule has 0 atom stereocenters. The highest BCUT2D eigenvalue weighted by Gasteiger charge is 2.21. The van der Waals surface area contributed by atoms with Gasteiger partial charge in [0.25, 0.3) is 11.8 Å². The van der Waals surface area contributed by atoms with Crippen LogP contribution in [-0.2, 0) is 12.0 Å². The van der Waals surface area contributed by atoms with Crippen LogP contribution in [-0.4, -0.2) is 31.8 Å². The Kier molecular flexibility index (Phi) is 7.25. The Balaban J connectivity index is 1.49. The Hall–Kier alpha value is -5.04. The lowest BCUT2D eigenvalue weighted by Crippen LogP contribution is -2.19. The van der Waals surface area contributed by atoms with Crippen LogP contribution in [0.2, 0.25) is 0 Å². The van der Waals surface area contributed by atoms with E-state index in [1.54, 1.807) is 62.6 Å². The van der Waals surface area contributed by atoms with Gasteiger partial charge in [0.1, 0.15) is 5.82 Å². The minimum atomic E-state index is -0.719. The molecule has 10 heteroatoms. The third-order valence-electron chi connectivity index (χ3n) is 5.76. The molecule has 0 aliphatic rings. The van der Waals surface area contributed by atoms with Crippen LogP contribution < -0.4 is 16.0 Å². The van der Waals surface area contributed by atoms with Crippen LogP contribution in [0.15, 0.2) is 67.3 Å². The number of aromatic nitrogens is 4. The highest BCUT2D eigenvalue weighted by Crippen LogP contribution is 2.25. The van der Waals surface area contributed by atoms with Crippen LogP contribution in [0.5, 0.6) is 0 Å². The van der Waals surface area contributed by atoms with Crippen molar-refractivity contribution in [2.45, 2.75) is 32.7 Å². The first-order valence-electron chi connectivity index (χ1n) is 11.5. The van der Waals surface area contributed by atoms with Crippen molar-refractivity contribution in [2.24, 2.45) is 0 Å². The summed E-state index contributed by atoms with van der Waals surface area (Å²) in [4.78, 5) is 41.5. The second-order valence-corrected chi connectivity index (χ2v) is 8.90. The first-order valence-corrected chi connectivity index (χ1v) is 11.5. The van der Waals surface area contributed by atoms with Crippen molar-refractivity contribution in [1.29, 1.82) is 5.26 Å². The van der Waals surface area contributed by atoms with Gasteiger partial charge in [-0.05, 0) is 56.2 Å². The monoisotopic (exact) mass is 494 g/mol. The number of hydrogen-bond donors (Lipinski definition) is 4. The van der Waals surface area contributed by atoms with Crippen LogP contribution in [0.3, 0.4) is 0 Å². The fourth-order valence-electron chi connectivity index (χ4n) is 3.53. The molecule has 2 aromatic heterocycles. The third-order valence-corrected chi connectivity index (χ3v) is 5.76. The number of benzene rings is 2. The van der Waals surface area contributed by atoms with Crippen molar-refractivity contribution in [2.75, 3.05) is 16.0 Å². The lowest BCUT2D eigenvalue weighted by Gasteiger charge is -2.17. The Labute approximate surface area is 214 Å². The van der Waals surface area contributed by atoms with Crippen molar-refractivity contribution >= 4 is 29.0 Å². The SMILES string of the molecule is Cc1ccc(NC(=O)c2cccc(C(C)(C)C#N)c2)cc1NC(=O)c1nccnc1NCc1ncc[nH]1. The predicted octanol–water partition coefficient (Wildman–Crippen LogP) is 4.43. The molecule has 0 unspecified atom stereocenters. The van der Waals surface area contributed by atoms with Crippen LogP contribution in [0, 0.1) is 18.3 Å². The Morgan fingerprint density at radius 1 is 1.00 bits per heavy atom. The van der Waals surface area contributed by atoms with E-state index in [4.69, 9.17) is 0 Å². The number of aromatic amines is 1. The molecule has 37 heavy (non-hydrogen) atoms. The van der Waals surface area contributed by atoms with Gasteiger partial charge < -0.3 is 20.9 Å². The maximum atomic E-state index is 13.1. The number of amides is 2. The molecule has 4 N–H and O–H groups in total. The summed E-state index contributed by atoms with van der Waals surface area (Å²) in [5, 5.41) is 18.2. The maximum Gasteiger partial charge on any atom is 0.278 e. The molecule has 10 nitrogen and oxygen atoms in total. The van der Waals surface area contributed by atoms with Crippen molar-refractivity contribution in [3.8, 4) is 6.07 Å². The van der Waals surface area contributed by atoms with Crippen LogP contribution in [0.1, 0.15) is 51.6 Å². The van der Waals surface area contributed by atoms with Crippen molar-refractivity contribution < 1.29 is 9.59 Å². The molecule has 4 aromatic rings. The summed E-state index contributed by atoms with van der Waals surface area (Å²) in [7, 11) is 0. The van der Waals surface area contributed by atoms with Gasteiger partial charge in [-0.2, -0.15) is 5.26 Å². The molecule has 0 bridgehead atoms. The summed E-state index contributed by atoms with van der Waals surface area (Å²) >= 11 is 0. The average molecular weight is 495 g/mol. The van der Waals surface area contributed by atoms with Gasteiger partial charge in [0.2, 0.25) is 0 Å². The van der Waals surface area contributed by atoms with E-state index in [9.17, 15) is 14.9 Å². The van der Waals surface area contributed by atoms with Gasteiger partial charge in [-0.1, -0.05) is 18.2 Å². The number of imidazole rings is 1. The van der Waals surface area contributed by atoms with Gasteiger partial charge in [-0.15, -0.1) is 0 Å². The number of aryl methyl sites for hydroxylation is 1. The number of H-pyrrole nitrogens is 1. The highest BCUT2D eigenvalue weighted by molar-refractivity contribution is 6.07. The van der Waals surface area contributed by atoms with Gasteiger partial charge in [-0.25, -0.2) is 15.0 Å². The van der Waals surface area contributed by atoms with E-state index in [-0.39, 0.29) is 11.6 Å². The van der Waals surface area contributed by atoms with Gasteiger partial charge in [-0.3, -0.25) is 9.59 Å². The lowest BCUT2D eigenvalue weighted by atomic mass is 9.85. The van der Waals surface area contributed by atoms with E-state index in [0.717, 1.165) is 11.1 Å². The zero-order chi connectivity index (χ0) is 26.4. The summed E-state index contributed by atoms with van der Waals surface area (Å²) in [6, 6.07) is 14.5. The molecule has 0 saturated heterocycles. The smallest absolute Gasteiger partial charge is 0.278 e. The fourth-order valence-corrected chi connectivity index (χ4v) is 3.53. The topological polar surface area (TPSA) is 148 Å². The van der Waals surface area contributed by atoms with E-state index >= 15 is 0 Å². The number of carbonyl (C=O) groups excluding carboxylic acids is 2. The normalized spacial score (nSPS) is 10.9. The molecule has 0 spiro atoms. The lowest BCUT2D eigenvalue weighted by molar-refractivity contribution is 0.101. The van der Waals surface area contributed by atoms with E-state index < -0.39 is 11.3 Å². The number of nitrogens with one attached hydrogen (secondary N) is 4. The first kappa shape index (κ1) is 25.1. The summed E-state index contributed by atoms with van der Waals surface area (Å²) in [6.07, 6.45) is 6.28. The van der Waals surface area contributed by atoms with E-state index in [2.05, 4.69) is 42.0 Å². The molecule has 2 heterocycles. The van der Waals surface area contributed by atoms with Gasteiger partial charge >= 0.3 is 0 Å². The number of carbonyl (C=O) groups is 2. The van der Waals surface area contributed by atoms with Crippen LogP contribution >= 0.6 is 0 Å². The quantitative estimate of drug-likeness (QED) is 0.283. The minimum Gasteiger partial charge on any atom is -0.361 e. The molecule has 2 amide bonds. The van der Waals surface area contributed by atoms with Crippen molar-refractivity contribution in [3.05, 3.63) is 95.5 Å². The first-order chi connectivity index (χ1) is 17.8. The molecule has 0 aliphatic carbocycles. The molecule has 0 radical (unpaired) electrons. The van der Waals surface area contributed by atoms with E-state index in [0.29, 0.717) is 35.1 Å². The molecular weight excluding hydrogens is 468 g/mol. The van der Waals surface area contributed by atoms with Gasteiger partial charge in [0.15, 0.2) is 11.5 Å². The average Bonchev–Trinajstić information content (AvgIpc) is 3.43. The maximum absolute atomic E-state index is 13.1. The Morgan fingerprint density at radius 2 is 1.81 bits per heavy atom. The number of rotatable bonds is 8. The molecule has 0 aliphatic heterocycles. The largest absolute Gasteiger partial charge is 0.361 e. The minimum absolute atomic E-state index is 0.125. The number of nitriles is 1. The van der Waals surface area contributed by atoms with Crippen molar-refractivity contribution in [3.63, 3.8) is 0 Å². The third kappa shape index (κ3) is 5.97. The summed E-state index contributed by atoms with van der Waals surface area (Å²) < 4.78 is 0. The zero-order valence-electron chi connectivity index (χ0n) is 20.7. The highest BCUT2D eigenvalue weighted by atomic mass is 16.2. The number of nitrogens with zero attached hydrogens (tertiary/aromatic N) is 4. The molecule has 186 valence electrons. The summed E-state index contributed by atoms with van der Waals surface area (Å²) in [5.41, 5.74) is 2.41. The Morgan fingerprint density at radius 3 is 2.57 bits per heavy atom. The number of anilines is 3.